The van der Waals surface area contributed by atoms with Gasteiger partial charge in [-0.2, -0.15) is 0 Å². The summed E-state index contributed by atoms with van der Waals surface area (Å²) < 4.78 is 15.1. The molecule has 2 rings (SSSR count). The summed E-state index contributed by atoms with van der Waals surface area (Å²) in [5.74, 6) is 0.479. The van der Waals surface area contributed by atoms with Crippen molar-refractivity contribution in [2.24, 2.45) is 0 Å². The molecule has 0 saturated carbocycles. The second-order valence-electron chi connectivity index (χ2n) is 4.02. The molecule has 0 saturated heterocycles. The van der Waals surface area contributed by atoms with Gasteiger partial charge < -0.3 is 5.32 Å². The van der Waals surface area contributed by atoms with E-state index in [0.29, 0.717) is 24.5 Å². The van der Waals surface area contributed by atoms with Crippen LogP contribution in [-0.4, -0.2) is 26.8 Å². The lowest BCUT2D eigenvalue weighted by Crippen LogP contribution is -2.18. The van der Waals surface area contributed by atoms with Gasteiger partial charge in [-0.1, -0.05) is 25.1 Å². The zero-order chi connectivity index (χ0) is 12.8. The molecule has 0 amide bonds. The fraction of sp³-hybridized carbons (Fsp3) is 0.417. The van der Waals surface area contributed by atoms with Crippen LogP contribution < -0.4 is 5.32 Å². The Bertz CT molecular complexity index is 497. The number of rotatable bonds is 6. The maximum absolute atomic E-state index is 13.5. The number of halogens is 1. The molecule has 0 atom stereocenters. The lowest BCUT2D eigenvalue weighted by Gasteiger charge is -2.06. The highest BCUT2D eigenvalue weighted by Crippen LogP contribution is 2.08. The molecule has 1 N–H and O–H groups in total. The highest BCUT2D eigenvalue weighted by molar-refractivity contribution is 5.17. The molecule has 1 aromatic heterocycles. The average Bonchev–Trinajstić information content (AvgIpc) is 2.80. The monoisotopic (exact) mass is 249 g/mol. The lowest BCUT2D eigenvalue weighted by molar-refractivity contribution is 0.550. The Kier molecular flexibility index (Phi) is 4.35. The predicted octanol–water partition coefficient (Wildman–Crippen LogP) is 1.36. The molecule has 1 heterocycles. The van der Waals surface area contributed by atoms with Gasteiger partial charge in [-0.15, -0.1) is 5.10 Å². The van der Waals surface area contributed by atoms with E-state index in [0.717, 1.165) is 13.0 Å². The Hall–Kier alpha value is -1.82. The van der Waals surface area contributed by atoms with Crippen LogP contribution in [0.15, 0.2) is 24.3 Å². The van der Waals surface area contributed by atoms with Crippen LogP contribution in [0.3, 0.4) is 0 Å². The summed E-state index contributed by atoms with van der Waals surface area (Å²) in [5, 5.41) is 14.7. The fourth-order valence-corrected chi connectivity index (χ4v) is 1.64. The SMILES string of the molecule is CCCNCc1nnnn1Cc1ccccc1F. The van der Waals surface area contributed by atoms with Crippen LogP contribution in [0.2, 0.25) is 0 Å². The zero-order valence-electron chi connectivity index (χ0n) is 10.3. The molecule has 0 radical (unpaired) electrons. The topological polar surface area (TPSA) is 55.6 Å². The van der Waals surface area contributed by atoms with Crippen LogP contribution in [0.5, 0.6) is 0 Å². The smallest absolute Gasteiger partial charge is 0.165 e. The molecule has 0 aliphatic rings. The number of benzene rings is 1. The second-order valence-corrected chi connectivity index (χ2v) is 4.02. The molecule has 18 heavy (non-hydrogen) atoms. The van der Waals surface area contributed by atoms with E-state index < -0.39 is 0 Å². The van der Waals surface area contributed by atoms with Crippen molar-refractivity contribution in [1.82, 2.24) is 25.5 Å². The molecule has 2 aromatic rings. The van der Waals surface area contributed by atoms with E-state index in [1.165, 1.54) is 6.07 Å². The summed E-state index contributed by atoms with van der Waals surface area (Å²) in [4.78, 5) is 0. The van der Waals surface area contributed by atoms with E-state index in [2.05, 4.69) is 27.8 Å². The molecule has 0 fully saturated rings. The predicted molar refractivity (Wildman–Crippen MR) is 65.3 cm³/mol. The Labute approximate surface area is 105 Å². The van der Waals surface area contributed by atoms with Crippen molar-refractivity contribution in [3.05, 3.63) is 41.5 Å². The van der Waals surface area contributed by atoms with Crippen LogP contribution >= 0.6 is 0 Å². The van der Waals surface area contributed by atoms with Crippen LogP contribution in [0.4, 0.5) is 4.39 Å². The molecule has 0 unspecified atom stereocenters. The number of nitrogens with zero attached hydrogens (tertiary/aromatic N) is 4. The summed E-state index contributed by atoms with van der Waals surface area (Å²) >= 11 is 0. The van der Waals surface area contributed by atoms with Gasteiger partial charge >= 0.3 is 0 Å². The lowest BCUT2D eigenvalue weighted by atomic mass is 10.2. The Balaban J connectivity index is 2.05. The molecule has 5 nitrogen and oxygen atoms in total. The van der Waals surface area contributed by atoms with Gasteiger partial charge in [-0.3, -0.25) is 0 Å². The van der Waals surface area contributed by atoms with Crippen molar-refractivity contribution in [3.63, 3.8) is 0 Å². The first-order chi connectivity index (χ1) is 8.81. The minimum atomic E-state index is -0.236. The van der Waals surface area contributed by atoms with Crippen LogP contribution in [0.25, 0.3) is 0 Å². The van der Waals surface area contributed by atoms with E-state index >= 15 is 0 Å². The van der Waals surface area contributed by atoms with Crippen molar-refractivity contribution in [3.8, 4) is 0 Å². The van der Waals surface area contributed by atoms with Crippen LogP contribution in [0.1, 0.15) is 24.7 Å². The average molecular weight is 249 g/mol. The molecular formula is C12H16FN5. The van der Waals surface area contributed by atoms with Gasteiger partial charge in [0, 0.05) is 5.56 Å². The third-order valence-electron chi connectivity index (χ3n) is 2.59. The van der Waals surface area contributed by atoms with Gasteiger partial charge in [0.15, 0.2) is 5.82 Å². The van der Waals surface area contributed by atoms with Crippen molar-refractivity contribution in [1.29, 1.82) is 0 Å². The first-order valence-corrected chi connectivity index (χ1v) is 6.00. The number of hydrogen-bond acceptors (Lipinski definition) is 4. The quantitative estimate of drug-likeness (QED) is 0.785. The van der Waals surface area contributed by atoms with Gasteiger partial charge in [-0.05, 0) is 29.5 Å². The third-order valence-corrected chi connectivity index (χ3v) is 2.59. The van der Waals surface area contributed by atoms with Gasteiger partial charge in [0.25, 0.3) is 0 Å². The van der Waals surface area contributed by atoms with Crippen LogP contribution in [-0.2, 0) is 13.1 Å². The second kappa shape index (κ2) is 6.20. The van der Waals surface area contributed by atoms with Crippen molar-refractivity contribution < 1.29 is 4.39 Å². The van der Waals surface area contributed by atoms with Crippen molar-refractivity contribution in [2.45, 2.75) is 26.4 Å². The Morgan fingerprint density at radius 3 is 2.94 bits per heavy atom. The van der Waals surface area contributed by atoms with E-state index in [4.69, 9.17) is 0 Å². The minimum absolute atomic E-state index is 0.236. The van der Waals surface area contributed by atoms with Gasteiger partial charge in [0.05, 0.1) is 13.1 Å². The van der Waals surface area contributed by atoms with E-state index in [1.807, 2.05) is 0 Å². The molecule has 0 aliphatic heterocycles. The Morgan fingerprint density at radius 2 is 2.17 bits per heavy atom. The summed E-state index contributed by atoms with van der Waals surface area (Å²) in [6.07, 6.45) is 1.05. The first kappa shape index (κ1) is 12.6. The van der Waals surface area contributed by atoms with Crippen molar-refractivity contribution >= 4 is 0 Å². The Morgan fingerprint density at radius 1 is 1.33 bits per heavy atom. The summed E-state index contributed by atoms with van der Waals surface area (Å²) in [5.41, 5.74) is 0.585. The van der Waals surface area contributed by atoms with Gasteiger partial charge in [0.2, 0.25) is 0 Å². The zero-order valence-corrected chi connectivity index (χ0v) is 10.3. The highest BCUT2D eigenvalue weighted by atomic mass is 19.1. The maximum atomic E-state index is 13.5. The van der Waals surface area contributed by atoms with E-state index in [-0.39, 0.29) is 5.82 Å². The first-order valence-electron chi connectivity index (χ1n) is 6.00. The molecule has 0 bridgehead atoms. The highest BCUT2D eigenvalue weighted by Gasteiger charge is 2.08. The molecule has 6 heteroatoms. The van der Waals surface area contributed by atoms with Gasteiger partial charge in [0.1, 0.15) is 5.82 Å². The summed E-state index contributed by atoms with van der Waals surface area (Å²) in [7, 11) is 0. The molecule has 0 aliphatic carbocycles. The molecule has 96 valence electrons. The number of tetrazole rings is 1. The maximum Gasteiger partial charge on any atom is 0.165 e. The summed E-state index contributed by atoms with van der Waals surface area (Å²) in [6, 6.07) is 6.65. The normalized spacial score (nSPS) is 10.8. The molecule has 1 aromatic carbocycles. The standard InChI is InChI=1S/C12H16FN5/c1-2-7-14-8-12-15-16-17-18(12)9-10-5-3-4-6-11(10)13/h3-6,14H,2,7-9H2,1H3. The van der Waals surface area contributed by atoms with Crippen LogP contribution in [0, 0.1) is 5.82 Å². The number of hydrogen-bond donors (Lipinski definition) is 1. The number of nitrogens with one attached hydrogen (secondary N) is 1. The largest absolute Gasteiger partial charge is 0.310 e. The minimum Gasteiger partial charge on any atom is -0.310 e. The number of aromatic nitrogens is 4. The third kappa shape index (κ3) is 3.10. The fourth-order valence-electron chi connectivity index (χ4n) is 1.64. The van der Waals surface area contributed by atoms with E-state index in [9.17, 15) is 4.39 Å². The molecule has 0 spiro atoms. The van der Waals surface area contributed by atoms with Crippen molar-refractivity contribution in [2.75, 3.05) is 6.54 Å². The summed E-state index contributed by atoms with van der Waals surface area (Å²) in [6.45, 7) is 3.94. The van der Waals surface area contributed by atoms with E-state index in [1.54, 1.807) is 22.9 Å². The molecular weight excluding hydrogens is 233 g/mol. The van der Waals surface area contributed by atoms with Gasteiger partial charge in [-0.25, -0.2) is 9.07 Å².